The number of aliphatic imine (C=N–C) groups is 1. The number of amides is 1. The Hall–Kier alpha value is -3.21. The second kappa shape index (κ2) is 7.57. The van der Waals surface area contributed by atoms with E-state index in [1.807, 2.05) is 42.5 Å². The molecule has 0 aliphatic carbocycles. The van der Waals surface area contributed by atoms with Crippen molar-refractivity contribution in [1.82, 2.24) is 10.3 Å². The number of hydrogen-bond donors (Lipinski definition) is 2. The number of aromatic nitrogens is 1. The number of carbonyl (C=O) groups is 1. The number of nitrogens with zero attached hydrogens (tertiary/aromatic N) is 2. The van der Waals surface area contributed by atoms with Crippen LogP contribution in [0.1, 0.15) is 18.9 Å². The summed E-state index contributed by atoms with van der Waals surface area (Å²) in [4.78, 5) is 19.7. The number of hydrogen-bond acceptors (Lipinski definition) is 3. The predicted molar refractivity (Wildman–Crippen MR) is 102 cm³/mol. The Kier molecular flexibility index (Phi) is 5.04. The number of rotatable bonds is 5. The van der Waals surface area contributed by atoms with E-state index in [2.05, 4.69) is 29.4 Å². The van der Waals surface area contributed by atoms with Gasteiger partial charge in [-0.25, -0.2) is 9.98 Å². The van der Waals surface area contributed by atoms with Crippen molar-refractivity contribution in [2.75, 3.05) is 0 Å². The molecule has 0 fully saturated rings. The predicted octanol–water partition coefficient (Wildman–Crippen LogP) is 3.55. The smallest absolute Gasteiger partial charge is 0.213 e. The Morgan fingerprint density at radius 2 is 2.00 bits per heavy atom. The minimum Gasteiger partial charge on any atom is -0.369 e. The summed E-state index contributed by atoms with van der Waals surface area (Å²) in [5.41, 5.74) is 10.4. The van der Waals surface area contributed by atoms with Gasteiger partial charge < -0.3 is 5.73 Å². The largest absolute Gasteiger partial charge is 0.369 e. The highest BCUT2D eigenvalue weighted by atomic mass is 16.1. The van der Waals surface area contributed by atoms with E-state index < -0.39 is 0 Å². The average molecular weight is 332 g/mol. The Labute approximate surface area is 146 Å². The number of carbonyl (C=O) groups excluding carboxylic acids is 1. The summed E-state index contributed by atoms with van der Waals surface area (Å²) in [6.07, 6.45) is 2.59. The van der Waals surface area contributed by atoms with Crippen molar-refractivity contribution in [3.8, 4) is 11.3 Å². The van der Waals surface area contributed by atoms with E-state index in [0.29, 0.717) is 12.1 Å². The van der Waals surface area contributed by atoms with Crippen LogP contribution in [0.3, 0.4) is 0 Å². The van der Waals surface area contributed by atoms with Crippen LogP contribution in [0.4, 0.5) is 5.69 Å². The van der Waals surface area contributed by atoms with Crippen LogP contribution in [0.5, 0.6) is 0 Å². The molecule has 126 valence electrons. The zero-order valence-electron chi connectivity index (χ0n) is 14.1. The van der Waals surface area contributed by atoms with E-state index in [1.165, 1.54) is 5.56 Å². The van der Waals surface area contributed by atoms with Crippen LogP contribution in [0, 0.1) is 0 Å². The molecule has 0 saturated carbocycles. The summed E-state index contributed by atoms with van der Waals surface area (Å²) in [5.74, 6) is 0.0548. The lowest BCUT2D eigenvalue weighted by molar-refractivity contribution is -0.108. The molecule has 0 radical (unpaired) electrons. The van der Waals surface area contributed by atoms with E-state index in [-0.39, 0.29) is 5.96 Å². The van der Waals surface area contributed by atoms with Crippen molar-refractivity contribution in [2.24, 2.45) is 10.7 Å². The monoisotopic (exact) mass is 332 g/mol. The second-order valence-electron chi connectivity index (χ2n) is 5.75. The van der Waals surface area contributed by atoms with Gasteiger partial charge in [-0.15, -0.1) is 0 Å². The van der Waals surface area contributed by atoms with Gasteiger partial charge >= 0.3 is 0 Å². The summed E-state index contributed by atoms with van der Waals surface area (Å²) in [5, 5.41) is 3.27. The van der Waals surface area contributed by atoms with Crippen LogP contribution >= 0.6 is 0 Å². The quantitative estimate of drug-likeness (QED) is 0.426. The zero-order valence-corrected chi connectivity index (χ0v) is 14.1. The van der Waals surface area contributed by atoms with Gasteiger partial charge in [0.2, 0.25) is 6.41 Å². The second-order valence-corrected chi connectivity index (χ2v) is 5.75. The first kappa shape index (κ1) is 16.6. The van der Waals surface area contributed by atoms with Gasteiger partial charge in [-0.1, -0.05) is 55.8 Å². The first-order valence-corrected chi connectivity index (χ1v) is 8.24. The van der Waals surface area contributed by atoms with Crippen LogP contribution in [0.15, 0.2) is 59.6 Å². The van der Waals surface area contributed by atoms with Crippen LogP contribution in [-0.2, 0) is 11.2 Å². The van der Waals surface area contributed by atoms with E-state index in [0.717, 1.165) is 35.0 Å². The minimum absolute atomic E-state index is 0.0548. The molecule has 0 aliphatic rings. The fourth-order valence-electron chi connectivity index (χ4n) is 2.77. The van der Waals surface area contributed by atoms with Crippen molar-refractivity contribution in [3.05, 3.63) is 60.2 Å². The topological polar surface area (TPSA) is 80.4 Å². The molecular formula is C20H20N4O. The lowest BCUT2D eigenvalue weighted by Crippen LogP contribution is -2.29. The molecule has 0 bridgehead atoms. The fourth-order valence-corrected chi connectivity index (χ4v) is 2.77. The Morgan fingerprint density at radius 3 is 2.72 bits per heavy atom. The maximum Gasteiger partial charge on any atom is 0.213 e. The van der Waals surface area contributed by atoms with Gasteiger partial charge in [-0.2, -0.15) is 0 Å². The van der Waals surface area contributed by atoms with Crippen LogP contribution in [0.2, 0.25) is 0 Å². The molecule has 3 N–H and O–H groups in total. The number of nitrogens with one attached hydrogen (secondary N) is 1. The third kappa shape index (κ3) is 3.83. The highest BCUT2D eigenvalue weighted by Gasteiger charge is 2.09. The Morgan fingerprint density at radius 1 is 1.20 bits per heavy atom. The summed E-state index contributed by atoms with van der Waals surface area (Å²) >= 11 is 0. The van der Waals surface area contributed by atoms with Gasteiger partial charge in [0.05, 0.1) is 16.9 Å². The Balaban J connectivity index is 2.20. The van der Waals surface area contributed by atoms with Crippen molar-refractivity contribution in [1.29, 1.82) is 0 Å². The molecule has 25 heavy (non-hydrogen) atoms. The van der Waals surface area contributed by atoms with Crippen molar-refractivity contribution < 1.29 is 4.79 Å². The summed E-state index contributed by atoms with van der Waals surface area (Å²) < 4.78 is 0. The third-order valence-electron chi connectivity index (χ3n) is 3.91. The van der Waals surface area contributed by atoms with Crippen LogP contribution < -0.4 is 11.1 Å². The first-order chi connectivity index (χ1) is 12.2. The SMILES string of the molecule is CCCc1ccc2c(N=C(N)NC=O)cc(-c3ccccc3)nc2c1. The van der Waals surface area contributed by atoms with E-state index in [9.17, 15) is 4.79 Å². The molecule has 1 heterocycles. The maximum atomic E-state index is 10.6. The highest BCUT2D eigenvalue weighted by molar-refractivity contribution is 5.97. The Bertz CT molecular complexity index is 920. The maximum absolute atomic E-state index is 10.6. The lowest BCUT2D eigenvalue weighted by atomic mass is 10.0. The minimum atomic E-state index is 0.0548. The van der Waals surface area contributed by atoms with Gasteiger partial charge in [-0.05, 0) is 24.1 Å². The molecule has 2 aromatic carbocycles. The molecular weight excluding hydrogens is 312 g/mol. The molecule has 3 rings (SSSR count). The number of nitrogens with two attached hydrogens (primary N) is 1. The van der Waals surface area contributed by atoms with Crippen molar-refractivity contribution in [3.63, 3.8) is 0 Å². The first-order valence-electron chi connectivity index (χ1n) is 8.24. The number of aryl methyl sites for hydroxylation is 1. The van der Waals surface area contributed by atoms with Gasteiger partial charge in [0, 0.05) is 10.9 Å². The zero-order chi connectivity index (χ0) is 17.6. The molecule has 0 spiro atoms. The van der Waals surface area contributed by atoms with Crippen LogP contribution in [0.25, 0.3) is 22.2 Å². The molecule has 0 saturated heterocycles. The highest BCUT2D eigenvalue weighted by Crippen LogP contribution is 2.31. The average Bonchev–Trinajstić information content (AvgIpc) is 2.62. The number of benzene rings is 2. The van der Waals surface area contributed by atoms with Gasteiger partial charge in [0.25, 0.3) is 0 Å². The van der Waals surface area contributed by atoms with Crippen molar-refractivity contribution >= 4 is 29.0 Å². The molecule has 1 aromatic heterocycles. The van der Waals surface area contributed by atoms with E-state index in [1.54, 1.807) is 0 Å². The molecule has 3 aromatic rings. The lowest BCUT2D eigenvalue weighted by Gasteiger charge is -2.09. The number of fused-ring (bicyclic) bond motifs is 1. The normalized spacial score (nSPS) is 11.5. The standard InChI is InChI=1S/C20H20N4O/c1-2-6-14-9-10-16-18(11-14)23-17(15-7-4-3-5-8-15)12-19(16)24-20(21)22-13-25/h3-5,7-13H,2,6H2,1H3,(H3,21,22,23,24,25). The van der Waals surface area contributed by atoms with E-state index >= 15 is 0 Å². The number of guanidine groups is 1. The number of pyridine rings is 1. The molecule has 0 aliphatic heterocycles. The molecule has 1 amide bonds. The fraction of sp³-hybridized carbons (Fsp3) is 0.150. The van der Waals surface area contributed by atoms with E-state index in [4.69, 9.17) is 10.7 Å². The molecule has 0 unspecified atom stereocenters. The van der Waals surface area contributed by atoms with Gasteiger partial charge in [0.1, 0.15) is 0 Å². The molecule has 0 atom stereocenters. The molecule has 5 heteroatoms. The van der Waals surface area contributed by atoms with Gasteiger partial charge in [-0.3, -0.25) is 10.1 Å². The summed E-state index contributed by atoms with van der Waals surface area (Å²) in [6, 6.07) is 18.0. The van der Waals surface area contributed by atoms with Crippen molar-refractivity contribution in [2.45, 2.75) is 19.8 Å². The summed E-state index contributed by atoms with van der Waals surface area (Å²) in [7, 11) is 0. The third-order valence-corrected chi connectivity index (χ3v) is 3.91. The molecule has 5 nitrogen and oxygen atoms in total. The summed E-state index contributed by atoms with van der Waals surface area (Å²) in [6.45, 7) is 2.15. The van der Waals surface area contributed by atoms with Crippen LogP contribution in [-0.4, -0.2) is 17.4 Å². The van der Waals surface area contributed by atoms with Gasteiger partial charge in [0.15, 0.2) is 5.96 Å².